The summed E-state index contributed by atoms with van der Waals surface area (Å²) >= 11 is 3.07. The highest BCUT2D eigenvalue weighted by Crippen LogP contribution is 2.31. The van der Waals surface area contributed by atoms with Crippen LogP contribution in [0.25, 0.3) is 0 Å². The van der Waals surface area contributed by atoms with Crippen molar-refractivity contribution in [3.63, 3.8) is 0 Å². The number of benzene rings is 1. The maximum atomic E-state index is 13.4. The van der Waals surface area contributed by atoms with Crippen LogP contribution >= 0.6 is 26.6 Å². The Balaban J connectivity index is 3.02. The van der Waals surface area contributed by atoms with E-state index >= 15 is 0 Å². The number of rotatable bonds is 5. The topological polar surface area (TPSA) is 52.6 Å². The Morgan fingerprint density at radius 1 is 1.41 bits per heavy atom. The van der Waals surface area contributed by atoms with E-state index in [1.807, 2.05) is 0 Å². The van der Waals surface area contributed by atoms with Crippen LogP contribution in [0.1, 0.15) is 0 Å². The first-order valence-corrected chi connectivity index (χ1v) is 7.52. The first kappa shape index (κ1) is 14.7. The number of methoxy groups -OCH3 is 1. The number of hydrogen-bond donors (Lipinski definition) is 0. The number of halogens is 3. The monoisotopic (exact) mass is 346 g/mol. The molecule has 0 saturated carbocycles. The normalized spacial score (nSPS) is 11.5. The van der Waals surface area contributed by atoms with Gasteiger partial charge in [0.2, 0.25) is 0 Å². The predicted octanol–water partition coefficient (Wildman–Crippen LogP) is 2.54. The zero-order chi connectivity index (χ0) is 13.1. The Labute approximate surface area is 111 Å². The Kier molecular flexibility index (Phi) is 5.18. The molecule has 0 heterocycles. The van der Waals surface area contributed by atoms with Crippen LogP contribution in [-0.4, -0.2) is 28.7 Å². The van der Waals surface area contributed by atoms with Gasteiger partial charge in [-0.05, 0) is 22.0 Å². The van der Waals surface area contributed by atoms with Crippen molar-refractivity contribution >= 4 is 35.7 Å². The summed E-state index contributed by atoms with van der Waals surface area (Å²) in [4.78, 5) is -0.592. The molecule has 1 aromatic carbocycles. The summed E-state index contributed by atoms with van der Waals surface area (Å²) in [6, 6.07) is 2.01. The molecular weight excluding hydrogens is 339 g/mol. The van der Waals surface area contributed by atoms with Crippen molar-refractivity contribution in [3.8, 4) is 5.75 Å². The summed E-state index contributed by atoms with van der Waals surface area (Å²) in [5, 5.41) is 0. The van der Waals surface area contributed by atoms with E-state index in [2.05, 4.69) is 15.9 Å². The van der Waals surface area contributed by atoms with Crippen LogP contribution in [0.4, 0.5) is 4.39 Å². The summed E-state index contributed by atoms with van der Waals surface area (Å²) in [7, 11) is 2.46. The summed E-state index contributed by atoms with van der Waals surface area (Å²) in [5.74, 6) is -0.778. The van der Waals surface area contributed by atoms with Crippen molar-refractivity contribution in [3.05, 3.63) is 22.4 Å². The Bertz CT molecular complexity index is 506. The third-order valence-electron chi connectivity index (χ3n) is 1.79. The minimum Gasteiger partial charge on any atom is -0.490 e. The van der Waals surface area contributed by atoms with E-state index in [0.717, 1.165) is 12.1 Å². The highest BCUT2D eigenvalue weighted by Gasteiger charge is 2.19. The smallest absolute Gasteiger partial charge is 0.264 e. The minimum absolute atomic E-state index is 0.184. The number of ether oxygens (including phenoxy) is 2. The standard InChI is InChI=1S/C9H9BrClFO4S/c1-15-2-3-16-8-5-7(12)9(4-6(8)10)17(11,13)14/h4-5H,2-3H2,1H3. The molecule has 0 bridgehead atoms. The summed E-state index contributed by atoms with van der Waals surface area (Å²) < 4.78 is 45.7. The van der Waals surface area contributed by atoms with Gasteiger partial charge in [-0.15, -0.1) is 0 Å². The largest absolute Gasteiger partial charge is 0.490 e. The van der Waals surface area contributed by atoms with E-state index in [0.29, 0.717) is 11.1 Å². The van der Waals surface area contributed by atoms with Gasteiger partial charge in [-0.3, -0.25) is 0 Å². The Morgan fingerprint density at radius 3 is 2.59 bits per heavy atom. The lowest BCUT2D eigenvalue weighted by molar-refractivity contribution is 0.145. The van der Waals surface area contributed by atoms with Crippen molar-refractivity contribution in [2.45, 2.75) is 4.90 Å². The third-order valence-corrected chi connectivity index (χ3v) is 3.75. The SMILES string of the molecule is COCCOc1cc(F)c(S(=O)(=O)Cl)cc1Br. The molecule has 0 atom stereocenters. The van der Waals surface area contributed by atoms with E-state index in [9.17, 15) is 12.8 Å². The highest BCUT2D eigenvalue weighted by molar-refractivity contribution is 9.10. The van der Waals surface area contributed by atoms with Crippen LogP contribution in [-0.2, 0) is 13.8 Å². The van der Waals surface area contributed by atoms with Crippen LogP contribution in [0, 0.1) is 5.82 Å². The van der Waals surface area contributed by atoms with Gasteiger partial charge >= 0.3 is 0 Å². The molecule has 0 N–H and O–H groups in total. The predicted molar refractivity (Wildman–Crippen MR) is 64.5 cm³/mol. The average Bonchev–Trinajstić information content (AvgIpc) is 2.21. The number of hydrogen-bond acceptors (Lipinski definition) is 4. The molecule has 8 heteroatoms. The lowest BCUT2D eigenvalue weighted by Crippen LogP contribution is -2.06. The third kappa shape index (κ3) is 4.09. The average molecular weight is 348 g/mol. The zero-order valence-electron chi connectivity index (χ0n) is 8.74. The molecule has 0 unspecified atom stereocenters. The molecule has 0 amide bonds. The molecule has 0 fully saturated rings. The van der Waals surface area contributed by atoms with Crippen LogP contribution in [0.3, 0.4) is 0 Å². The summed E-state index contributed by atoms with van der Waals surface area (Å²) in [5.41, 5.74) is 0. The second-order valence-electron chi connectivity index (χ2n) is 2.99. The lowest BCUT2D eigenvalue weighted by Gasteiger charge is -2.09. The van der Waals surface area contributed by atoms with Crippen molar-refractivity contribution in [1.29, 1.82) is 0 Å². The van der Waals surface area contributed by atoms with Gasteiger partial charge in [0, 0.05) is 23.9 Å². The van der Waals surface area contributed by atoms with Gasteiger partial charge in [0.15, 0.2) is 0 Å². The van der Waals surface area contributed by atoms with Gasteiger partial charge < -0.3 is 9.47 Å². The van der Waals surface area contributed by atoms with Gasteiger partial charge in [0.05, 0.1) is 11.1 Å². The molecule has 1 aromatic rings. The Morgan fingerprint density at radius 2 is 2.06 bits per heavy atom. The van der Waals surface area contributed by atoms with Crippen molar-refractivity contribution in [2.75, 3.05) is 20.3 Å². The molecule has 0 aliphatic rings. The Hall–Kier alpha value is -0.370. The molecule has 0 aromatic heterocycles. The summed E-state index contributed by atoms with van der Waals surface area (Å²) in [6.07, 6.45) is 0. The molecule has 0 aliphatic carbocycles. The second kappa shape index (κ2) is 5.99. The maximum Gasteiger partial charge on any atom is 0.264 e. The van der Waals surface area contributed by atoms with Gasteiger partial charge in [0.1, 0.15) is 23.1 Å². The van der Waals surface area contributed by atoms with E-state index in [4.69, 9.17) is 20.2 Å². The van der Waals surface area contributed by atoms with E-state index in [1.165, 1.54) is 7.11 Å². The maximum absolute atomic E-state index is 13.4. The van der Waals surface area contributed by atoms with E-state index < -0.39 is 19.8 Å². The molecule has 0 spiro atoms. The molecule has 17 heavy (non-hydrogen) atoms. The van der Waals surface area contributed by atoms with Gasteiger partial charge in [-0.2, -0.15) is 0 Å². The molecule has 0 aliphatic heterocycles. The fourth-order valence-electron chi connectivity index (χ4n) is 1.04. The lowest BCUT2D eigenvalue weighted by atomic mass is 10.3. The molecular formula is C9H9BrClFO4S. The van der Waals surface area contributed by atoms with Gasteiger partial charge in [-0.1, -0.05) is 0 Å². The fraction of sp³-hybridized carbons (Fsp3) is 0.333. The fourth-order valence-corrected chi connectivity index (χ4v) is 2.56. The van der Waals surface area contributed by atoms with E-state index in [-0.39, 0.29) is 12.4 Å². The molecule has 4 nitrogen and oxygen atoms in total. The summed E-state index contributed by atoms with van der Waals surface area (Å²) in [6.45, 7) is 0.561. The van der Waals surface area contributed by atoms with Crippen molar-refractivity contribution < 1.29 is 22.3 Å². The molecule has 1 rings (SSSR count). The van der Waals surface area contributed by atoms with Gasteiger partial charge in [-0.25, -0.2) is 12.8 Å². The van der Waals surface area contributed by atoms with E-state index in [1.54, 1.807) is 0 Å². The molecule has 0 radical (unpaired) electrons. The minimum atomic E-state index is -4.11. The zero-order valence-corrected chi connectivity index (χ0v) is 11.9. The van der Waals surface area contributed by atoms with Gasteiger partial charge in [0.25, 0.3) is 9.05 Å². The quantitative estimate of drug-likeness (QED) is 0.607. The first-order chi connectivity index (χ1) is 7.86. The van der Waals surface area contributed by atoms with Crippen LogP contribution in [0.2, 0.25) is 0 Å². The molecule has 96 valence electrons. The van der Waals surface area contributed by atoms with Crippen molar-refractivity contribution in [2.24, 2.45) is 0 Å². The highest BCUT2D eigenvalue weighted by atomic mass is 79.9. The van der Waals surface area contributed by atoms with Crippen LogP contribution in [0.5, 0.6) is 5.75 Å². The van der Waals surface area contributed by atoms with Crippen LogP contribution < -0.4 is 4.74 Å². The molecule has 0 saturated heterocycles. The first-order valence-electron chi connectivity index (χ1n) is 4.41. The van der Waals surface area contributed by atoms with Crippen molar-refractivity contribution in [1.82, 2.24) is 0 Å². The van der Waals surface area contributed by atoms with Crippen LogP contribution in [0.15, 0.2) is 21.5 Å². The second-order valence-corrected chi connectivity index (χ2v) is 6.38.